The summed E-state index contributed by atoms with van der Waals surface area (Å²) in [5.41, 5.74) is -1.36. The van der Waals surface area contributed by atoms with E-state index >= 15 is 0 Å². The van der Waals surface area contributed by atoms with E-state index in [-0.39, 0.29) is 23.1 Å². The molecule has 1 saturated heterocycles. The molecule has 1 amide bonds. The normalized spacial score (nSPS) is 20.5. The molecule has 2 aromatic rings. The first-order chi connectivity index (χ1) is 14.3. The smallest absolute Gasteiger partial charge is 0.373 e. The molecule has 3 rings (SSSR count). The van der Waals surface area contributed by atoms with Gasteiger partial charge in [-0.1, -0.05) is 26.8 Å². The minimum atomic E-state index is -4.90. The molecular weight excluding hydrogens is 414 g/mol. The van der Waals surface area contributed by atoms with E-state index in [0.29, 0.717) is 12.6 Å². The second kappa shape index (κ2) is 8.26. The summed E-state index contributed by atoms with van der Waals surface area (Å²) in [6.07, 6.45) is -3.07. The second-order valence-electron chi connectivity index (χ2n) is 8.97. The van der Waals surface area contributed by atoms with Crippen LogP contribution in [-0.2, 0) is 29.9 Å². The molecule has 1 aliphatic rings. The first-order valence-electron chi connectivity index (χ1n) is 10.2. The Balaban J connectivity index is 2.08. The number of nitrogens with zero attached hydrogens (tertiary/aromatic N) is 3. The third-order valence-electron chi connectivity index (χ3n) is 5.46. The van der Waals surface area contributed by atoms with Crippen LogP contribution < -0.4 is 5.49 Å². The summed E-state index contributed by atoms with van der Waals surface area (Å²) in [6, 6.07) is 4.32. The van der Waals surface area contributed by atoms with Crippen molar-refractivity contribution in [3.05, 3.63) is 52.4 Å². The number of hydrogen-bond acceptors (Lipinski definition) is 2. The highest BCUT2D eigenvalue weighted by atomic mass is 19.4. The molecule has 9 heteroatoms. The van der Waals surface area contributed by atoms with E-state index in [2.05, 4.69) is 4.99 Å². The Bertz CT molecular complexity index is 1040. The molecule has 0 bridgehead atoms. The van der Waals surface area contributed by atoms with Crippen molar-refractivity contribution in [2.24, 2.45) is 12.0 Å². The lowest BCUT2D eigenvalue weighted by Gasteiger charge is -2.22. The van der Waals surface area contributed by atoms with Crippen LogP contribution in [0.25, 0.3) is 0 Å². The van der Waals surface area contributed by atoms with Crippen LogP contribution in [0.4, 0.5) is 17.6 Å². The van der Waals surface area contributed by atoms with Crippen molar-refractivity contribution >= 4 is 5.91 Å². The number of aromatic nitrogens is 2. The van der Waals surface area contributed by atoms with E-state index in [9.17, 15) is 22.4 Å². The van der Waals surface area contributed by atoms with Crippen molar-refractivity contribution in [3.63, 3.8) is 0 Å². The molecule has 2 unspecified atom stereocenters. The van der Waals surface area contributed by atoms with Gasteiger partial charge in [0.2, 0.25) is 0 Å². The van der Waals surface area contributed by atoms with E-state index < -0.39 is 29.0 Å². The van der Waals surface area contributed by atoms with Gasteiger partial charge in [-0.3, -0.25) is 14.2 Å². The van der Waals surface area contributed by atoms with Crippen molar-refractivity contribution in [1.82, 2.24) is 9.36 Å². The minimum Gasteiger partial charge on any atom is -0.373 e. The zero-order valence-electron chi connectivity index (χ0n) is 18.3. The number of amides is 1. The topological polar surface area (TPSA) is 48.5 Å². The van der Waals surface area contributed by atoms with Gasteiger partial charge in [0.25, 0.3) is 5.91 Å². The van der Waals surface area contributed by atoms with Crippen molar-refractivity contribution < 1.29 is 27.1 Å². The average molecular weight is 441 g/mol. The number of carbonyl (C=O) groups excluding carboxylic acids is 1. The molecule has 5 nitrogen and oxygen atoms in total. The molecule has 1 aromatic heterocycles. The van der Waals surface area contributed by atoms with Gasteiger partial charge in [-0.15, -0.1) is 0 Å². The molecule has 0 N–H and O–H groups in total. The van der Waals surface area contributed by atoms with Crippen LogP contribution >= 0.6 is 0 Å². The molecule has 170 valence electrons. The predicted molar refractivity (Wildman–Crippen MR) is 107 cm³/mol. The molecule has 0 radical (unpaired) electrons. The Morgan fingerprint density at radius 2 is 1.90 bits per heavy atom. The molecule has 1 fully saturated rings. The lowest BCUT2D eigenvalue weighted by atomic mass is 9.92. The SMILES string of the molecule is CC1CCC(Cn2/c(=N\C(=O)c3cccc(C(F)(F)F)c3F)cc(C(C)(C)C)n2C)O1. The van der Waals surface area contributed by atoms with Crippen LogP contribution in [0.15, 0.2) is 29.3 Å². The Morgan fingerprint density at radius 3 is 2.45 bits per heavy atom. The predicted octanol–water partition coefficient (Wildman–Crippen LogP) is 4.59. The van der Waals surface area contributed by atoms with Gasteiger partial charge in [-0.25, -0.2) is 4.39 Å². The third kappa shape index (κ3) is 4.92. The molecule has 2 heterocycles. The number of rotatable bonds is 3. The summed E-state index contributed by atoms with van der Waals surface area (Å²) in [4.78, 5) is 16.7. The number of benzene rings is 1. The molecule has 1 aromatic carbocycles. The first-order valence-corrected chi connectivity index (χ1v) is 10.2. The number of hydrogen-bond donors (Lipinski definition) is 0. The molecule has 0 aliphatic carbocycles. The van der Waals surface area contributed by atoms with Crippen LogP contribution in [0.2, 0.25) is 0 Å². The molecule has 0 spiro atoms. The van der Waals surface area contributed by atoms with Crippen molar-refractivity contribution in [1.29, 1.82) is 0 Å². The van der Waals surface area contributed by atoms with Gasteiger partial charge >= 0.3 is 6.18 Å². The van der Waals surface area contributed by atoms with Crippen LogP contribution in [0, 0.1) is 5.82 Å². The summed E-state index contributed by atoms with van der Waals surface area (Å²) in [7, 11) is 1.83. The van der Waals surface area contributed by atoms with Gasteiger partial charge in [-0.05, 0) is 31.9 Å². The van der Waals surface area contributed by atoms with Crippen LogP contribution in [-0.4, -0.2) is 27.5 Å². The lowest BCUT2D eigenvalue weighted by Crippen LogP contribution is -2.30. The summed E-state index contributed by atoms with van der Waals surface area (Å²) in [5.74, 6) is -2.68. The fourth-order valence-electron chi connectivity index (χ4n) is 3.87. The standard InChI is InChI=1S/C22H27F4N3O2/c1-13-9-10-14(31-13)12-29-18(11-17(28(29)5)21(2,3)4)27-20(30)15-7-6-8-16(19(15)23)22(24,25)26/h6-8,11,13-14H,9-10,12H2,1-5H3/b27-18-. The Hall–Kier alpha value is -2.42. The number of halogens is 4. The van der Waals surface area contributed by atoms with Crippen LogP contribution in [0.3, 0.4) is 0 Å². The zero-order valence-corrected chi connectivity index (χ0v) is 18.3. The van der Waals surface area contributed by atoms with E-state index in [4.69, 9.17) is 4.74 Å². The monoisotopic (exact) mass is 441 g/mol. The van der Waals surface area contributed by atoms with Gasteiger partial charge in [0.15, 0.2) is 5.49 Å². The quantitative estimate of drug-likeness (QED) is 0.654. The maximum Gasteiger partial charge on any atom is 0.419 e. The van der Waals surface area contributed by atoms with Crippen molar-refractivity contribution in [2.75, 3.05) is 0 Å². The van der Waals surface area contributed by atoms with Gasteiger partial charge < -0.3 is 4.74 Å². The first kappa shape index (κ1) is 23.2. The Kier molecular flexibility index (Phi) is 6.19. The van der Waals surface area contributed by atoms with E-state index in [1.54, 1.807) is 10.7 Å². The summed E-state index contributed by atoms with van der Waals surface area (Å²) in [6.45, 7) is 8.41. The highest BCUT2D eigenvalue weighted by molar-refractivity contribution is 5.95. The lowest BCUT2D eigenvalue weighted by molar-refractivity contribution is -0.140. The molecule has 2 atom stereocenters. The highest BCUT2D eigenvalue weighted by Gasteiger charge is 2.35. The van der Waals surface area contributed by atoms with E-state index in [1.165, 1.54) is 0 Å². The molecule has 31 heavy (non-hydrogen) atoms. The van der Waals surface area contributed by atoms with Crippen LogP contribution in [0.1, 0.15) is 62.2 Å². The van der Waals surface area contributed by atoms with E-state index in [1.807, 2.05) is 39.4 Å². The highest BCUT2D eigenvalue weighted by Crippen LogP contribution is 2.32. The molecule has 0 saturated carbocycles. The summed E-state index contributed by atoms with van der Waals surface area (Å²) in [5, 5.41) is 0. The van der Waals surface area contributed by atoms with E-state index in [0.717, 1.165) is 30.7 Å². The fourth-order valence-corrected chi connectivity index (χ4v) is 3.87. The van der Waals surface area contributed by atoms with Gasteiger partial charge in [0.05, 0.1) is 29.9 Å². The summed E-state index contributed by atoms with van der Waals surface area (Å²) >= 11 is 0. The average Bonchev–Trinajstić information content (AvgIpc) is 3.18. The van der Waals surface area contributed by atoms with Crippen molar-refractivity contribution in [3.8, 4) is 0 Å². The Morgan fingerprint density at radius 1 is 1.23 bits per heavy atom. The maximum absolute atomic E-state index is 14.4. The van der Waals surface area contributed by atoms with Gasteiger partial charge in [0, 0.05) is 24.2 Å². The fraction of sp³-hybridized carbons (Fsp3) is 0.545. The zero-order chi connectivity index (χ0) is 23.1. The Labute approximate surface area is 178 Å². The number of carbonyl (C=O) groups is 1. The molecular formula is C22H27F4N3O2. The third-order valence-corrected chi connectivity index (χ3v) is 5.46. The number of alkyl halides is 3. The summed E-state index contributed by atoms with van der Waals surface area (Å²) < 4.78 is 63.0. The number of ether oxygens (including phenoxy) is 1. The van der Waals surface area contributed by atoms with Gasteiger partial charge in [0.1, 0.15) is 5.82 Å². The minimum absolute atomic E-state index is 0.0734. The van der Waals surface area contributed by atoms with Gasteiger partial charge in [-0.2, -0.15) is 18.2 Å². The van der Waals surface area contributed by atoms with Crippen LogP contribution in [0.5, 0.6) is 0 Å². The maximum atomic E-state index is 14.4. The molecule has 1 aliphatic heterocycles. The van der Waals surface area contributed by atoms with Crippen molar-refractivity contribution in [2.45, 2.75) is 70.9 Å². The largest absolute Gasteiger partial charge is 0.419 e. The second-order valence-corrected chi connectivity index (χ2v) is 8.97.